The van der Waals surface area contributed by atoms with E-state index in [2.05, 4.69) is 6.07 Å². The molecular weight excluding hydrogens is 349 g/mol. The van der Waals surface area contributed by atoms with Crippen LogP contribution in [0, 0.1) is 17.1 Å². The summed E-state index contributed by atoms with van der Waals surface area (Å²) in [4.78, 5) is 14.4. The number of thiophene rings is 1. The lowest BCUT2D eigenvalue weighted by atomic mass is 9.76. The van der Waals surface area contributed by atoms with Gasteiger partial charge in [0.25, 0.3) is 0 Å². The molecule has 0 unspecified atom stereocenters. The van der Waals surface area contributed by atoms with E-state index in [4.69, 9.17) is 5.73 Å². The highest BCUT2D eigenvalue weighted by molar-refractivity contribution is 7.08. The van der Waals surface area contributed by atoms with Crippen LogP contribution in [0.5, 0.6) is 0 Å². The van der Waals surface area contributed by atoms with E-state index in [9.17, 15) is 14.4 Å². The molecule has 1 atom stereocenters. The van der Waals surface area contributed by atoms with Gasteiger partial charge in [0.05, 0.1) is 23.2 Å². The second-order valence-electron chi connectivity index (χ2n) is 6.32. The highest BCUT2D eigenvalue weighted by Gasteiger charge is 2.40. The zero-order valence-electron chi connectivity index (χ0n) is 13.9. The van der Waals surface area contributed by atoms with Gasteiger partial charge >= 0.3 is 0 Å². The van der Waals surface area contributed by atoms with Crippen molar-refractivity contribution in [2.24, 2.45) is 5.73 Å². The average molecular weight is 365 g/mol. The molecule has 26 heavy (non-hydrogen) atoms. The monoisotopic (exact) mass is 365 g/mol. The highest BCUT2D eigenvalue weighted by atomic mass is 32.1. The highest BCUT2D eigenvalue weighted by Crippen LogP contribution is 2.46. The predicted octanol–water partition coefficient (Wildman–Crippen LogP) is 4.19. The number of anilines is 1. The summed E-state index contributed by atoms with van der Waals surface area (Å²) in [5.41, 5.74) is 9.08. The van der Waals surface area contributed by atoms with Crippen molar-refractivity contribution in [3.05, 3.63) is 75.1 Å². The summed E-state index contributed by atoms with van der Waals surface area (Å²) in [6, 6.07) is 10.4. The number of nitrogens with two attached hydrogens (primary N) is 1. The Balaban J connectivity index is 2.00. The molecule has 0 saturated heterocycles. The third-order valence-corrected chi connectivity index (χ3v) is 5.58. The van der Waals surface area contributed by atoms with Gasteiger partial charge in [0, 0.05) is 17.7 Å². The molecule has 0 saturated carbocycles. The van der Waals surface area contributed by atoms with E-state index in [1.807, 2.05) is 16.8 Å². The van der Waals surface area contributed by atoms with Gasteiger partial charge in [0.15, 0.2) is 5.78 Å². The molecular formula is C20H16FN3OS. The van der Waals surface area contributed by atoms with Gasteiger partial charge in [-0.15, -0.1) is 0 Å². The normalized spacial score (nSPS) is 20.2. The Labute approximate surface area is 154 Å². The molecule has 0 fully saturated rings. The Morgan fingerprint density at radius 1 is 1.27 bits per heavy atom. The summed E-state index contributed by atoms with van der Waals surface area (Å²) < 4.78 is 14.5. The number of halogens is 1. The Kier molecular flexibility index (Phi) is 4.09. The van der Waals surface area contributed by atoms with Gasteiger partial charge in [-0.05, 0) is 47.4 Å². The summed E-state index contributed by atoms with van der Waals surface area (Å²) in [6.45, 7) is 0. The van der Waals surface area contributed by atoms with Gasteiger partial charge in [-0.3, -0.25) is 9.69 Å². The molecule has 1 aliphatic carbocycles. The van der Waals surface area contributed by atoms with Crippen LogP contribution >= 0.6 is 11.3 Å². The van der Waals surface area contributed by atoms with Crippen molar-refractivity contribution in [3.8, 4) is 6.07 Å². The minimum atomic E-state index is -0.475. The van der Waals surface area contributed by atoms with Crippen LogP contribution in [0.25, 0.3) is 0 Å². The Morgan fingerprint density at radius 3 is 2.77 bits per heavy atom. The molecule has 1 aliphatic heterocycles. The first kappa shape index (κ1) is 16.6. The summed E-state index contributed by atoms with van der Waals surface area (Å²) in [6.07, 6.45) is 1.74. The molecule has 4 rings (SSSR count). The van der Waals surface area contributed by atoms with Crippen molar-refractivity contribution in [3.63, 3.8) is 0 Å². The maximum atomic E-state index is 14.5. The van der Waals surface area contributed by atoms with Crippen LogP contribution in [0.2, 0.25) is 0 Å². The van der Waals surface area contributed by atoms with Gasteiger partial charge in [-0.2, -0.15) is 16.6 Å². The number of allylic oxidation sites excluding steroid dienone is 3. The molecule has 0 spiro atoms. The molecule has 1 aromatic heterocycles. The van der Waals surface area contributed by atoms with Gasteiger partial charge in [0.2, 0.25) is 0 Å². The van der Waals surface area contributed by atoms with Crippen LogP contribution in [0.1, 0.15) is 30.7 Å². The minimum absolute atomic E-state index is 0.00374. The first-order chi connectivity index (χ1) is 12.6. The van der Waals surface area contributed by atoms with Gasteiger partial charge in [-0.1, -0.05) is 12.1 Å². The van der Waals surface area contributed by atoms with Crippen LogP contribution in [0.15, 0.2) is 63.8 Å². The molecule has 1 aromatic carbocycles. The molecule has 2 heterocycles. The Morgan fingerprint density at radius 2 is 2.08 bits per heavy atom. The van der Waals surface area contributed by atoms with Crippen LogP contribution in [-0.4, -0.2) is 5.78 Å². The molecule has 6 heteroatoms. The largest absolute Gasteiger partial charge is 0.384 e. The van der Waals surface area contributed by atoms with Crippen LogP contribution < -0.4 is 10.6 Å². The Bertz CT molecular complexity index is 985. The number of carbonyl (C=O) groups is 1. The van der Waals surface area contributed by atoms with Crippen molar-refractivity contribution >= 4 is 22.8 Å². The fourth-order valence-corrected chi connectivity index (χ4v) is 4.45. The van der Waals surface area contributed by atoms with E-state index in [1.54, 1.807) is 23.1 Å². The van der Waals surface area contributed by atoms with Crippen LogP contribution in [0.4, 0.5) is 10.1 Å². The second-order valence-corrected chi connectivity index (χ2v) is 7.10. The number of rotatable bonds is 2. The van der Waals surface area contributed by atoms with Gasteiger partial charge in [-0.25, -0.2) is 4.39 Å². The summed E-state index contributed by atoms with van der Waals surface area (Å²) in [5, 5.41) is 13.6. The number of carbonyl (C=O) groups excluding carboxylic acids is 1. The summed E-state index contributed by atoms with van der Waals surface area (Å²) >= 11 is 1.51. The topological polar surface area (TPSA) is 70.1 Å². The number of ketones is 1. The number of Topliss-reactive ketones (excluding diaryl/α,β-unsaturated/α-hetero) is 1. The number of nitriles is 1. The lowest BCUT2D eigenvalue weighted by molar-refractivity contribution is -0.116. The second kappa shape index (κ2) is 6.43. The van der Waals surface area contributed by atoms with E-state index in [1.165, 1.54) is 17.4 Å². The molecule has 0 bridgehead atoms. The Hall–Kier alpha value is -2.91. The number of para-hydroxylation sites is 1. The third-order valence-electron chi connectivity index (χ3n) is 4.88. The fourth-order valence-electron chi connectivity index (χ4n) is 3.77. The van der Waals surface area contributed by atoms with Crippen molar-refractivity contribution in [2.75, 3.05) is 4.90 Å². The van der Waals surface area contributed by atoms with Crippen molar-refractivity contribution in [2.45, 2.75) is 25.2 Å². The van der Waals surface area contributed by atoms with Crippen molar-refractivity contribution in [1.82, 2.24) is 0 Å². The van der Waals surface area contributed by atoms with E-state index >= 15 is 0 Å². The summed E-state index contributed by atoms with van der Waals surface area (Å²) in [5.74, 6) is -0.713. The standard InChI is InChI=1S/C20H16FN3OS/c21-14-4-1-2-5-15(14)24-16-6-3-7-17(25)19(16)18(12-8-9-26-11-12)13(10-22)20(24)23/h1-2,4-5,8-9,11,18H,3,6-7,23H2/t18-/m0/s1. The van der Waals surface area contributed by atoms with Crippen LogP contribution in [-0.2, 0) is 4.79 Å². The lowest BCUT2D eigenvalue weighted by Crippen LogP contribution is -2.39. The first-order valence-corrected chi connectivity index (χ1v) is 9.30. The van der Waals surface area contributed by atoms with E-state index in [0.29, 0.717) is 36.1 Å². The molecule has 130 valence electrons. The molecule has 2 N–H and O–H groups in total. The molecule has 2 aromatic rings. The quantitative estimate of drug-likeness (QED) is 0.866. The van der Waals surface area contributed by atoms with Crippen molar-refractivity contribution in [1.29, 1.82) is 5.26 Å². The van der Waals surface area contributed by atoms with E-state index in [-0.39, 0.29) is 17.3 Å². The minimum Gasteiger partial charge on any atom is -0.384 e. The fraction of sp³-hybridized carbons (Fsp3) is 0.200. The zero-order chi connectivity index (χ0) is 18.3. The number of nitrogens with zero attached hydrogens (tertiary/aromatic N) is 2. The van der Waals surface area contributed by atoms with E-state index < -0.39 is 11.7 Å². The average Bonchev–Trinajstić information content (AvgIpc) is 3.16. The van der Waals surface area contributed by atoms with E-state index in [0.717, 1.165) is 5.56 Å². The first-order valence-electron chi connectivity index (χ1n) is 8.36. The number of benzene rings is 1. The smallest absolute Gasteiger partial charge is 0.161 e. The van der Waals surface area contributed by atoms with Crippen LogP contribution in [0.3, 0.4) is 0 Å². The molecule has 4 nitrogen and oxygen atoms in total. The zero-order valence-corrected chi connectivity index (χ0v) is 14.7. The maximum absolute atomic E-state index is 14.5. The van der Waals surface area contributed by atoms with Crippen molar-refractivity contribution < 1.29 is 9.18 Å². The molecule has 0 amide bonds. The third kappa shape index (κ3) is 2.44. The molecule has 0 radical (unpaired) electrons. The summed E-state index contributed by atoms with van der Waals surface area (Å²) in [7, 11) is 0. The molecule has 2 aliphatic rings. The lowest BCUT2D eigenvalue weighted by Gasteiger charge is -2.39. The predicted molar refractivity (Wildman–Crippen MR) is 98.6 cm³/mol. The number of hydrogen-bond donors (Lipinski definition) is 1. The van der Waals surface area contributed by atoms with Gasteiger partial charge in [0.1, 0.15) is 11.6 Å². The number of hydrogen-bond acceptors (Lipinski definition) is 5. The maximum Gasteiger partial charge on any atom is 0.161 e. The SMILES string of the molecule is N#CC1=C(N)N(c2ccccc2F)C2=C(C(=O)CCC2)[C@H]1c1ccsc1. The van der Waals surface area contributed by atoms with Gasteiger partial charge < -0.3 is 5.73 Å².